The van der Waals surface area contributed by atoms with E-state index in [1.165, 1.54) is 29.6 Å². The van der Waals surface area contributed by atoms with Crippen LogP contribution < -0.4 is 0 Å². The predicted molar refractivity (Wildman–Crippen MR) is 80.1 cm³/mol. The molecular formula is C17H28O2. The maximum Gasteiger partial charge on any atom is 0.306 e. The number of carboxylic acid groups (broad SMARTS) is 1. The lowest BCUT2D eigenvalue weighted by Crippen LogP contribution is -2.11. The van der Waals surface area contributed by atoms with Crippen LogP contribution in [0.1, 0.15) is 60.3 Å². The van der Waals surface area contributed by atoms with Crippen LogP contribution in [0.15, 0.2) is 22.8 Å². The van der Waals surface area contributed by atoms with Crippen molar-refractivity contribution in [3.05, 3.63) is 22.8 Å². The third-order valence-corrected chi connectivity index (χ3v) is 4.19. The Balaban J connectivity index is 2.73. The lowest BCUT2D eigenvalue weighted by atomic mass is 9.87. The lowest BCUT2D eigenvalue weighted by Gasteiger charge is -2.18. The number of hydrogen-bond acceptors (Lipinski definition) is 1. The van der Waals surface area contributed by atoms with Gasteiger partial charge < -0.3 is 5.11 Å². The second-order valence-corrected chi connectivity index (χ2v) is 6.33. The summed E-state index contributed by atoms with van der Waals surface area (Å²) in [6, 6.07) is 0. The minimum atomic E-state index is -0.678. The quantitative estimate of drug-likeness (QED) is 0.699. The van der Waals surface area contributed by atoms with E-state index in [9.17, 15) is 4.79 Å². The maximum atomic E-state index is 10.9. The van der Waals surface area contributed by atoms with Crippen molar-refractivity contribution in [3.8, 4) is 0 Å². The molecule has 0 saturated heterocycles. The van der Waals surface area contributed by atoms with E-state index in [0.29, 0.717) is 11.8 Å². The number of carbonyl (C=O) groups is 1. The van der Waals surface area contributed by atoms with E-state index >= 15 is 0 Å². The normalized spacial score (nSPS) is 22.2. The van der Waals surface area contributed by atoms with E-state index in [-0.39, 0.29) is 5.92 Å². The Morgan fingerprint density at radius 1 is 1.42 bits per heavy atom. The molecule has 0 aromatic rings. The maximum absolute atomic E-state index is 10.9. The molecule has 0 saturated carbocycles. The Morgan fingerprint density at radius 2 is 2.05 bits per heavy atom. The lowest BCUT2D eigenvalue weighted by molar-refractivity contribution is -0.141. The number of allylic oxidation sites excluding steroid dienone is 4. The minimum Gasteiger partial charge on any atom is -0.481 e. The molecule has 0 fully saturated rings. The Morgan fingerprint density at radius 3 is 2.58 bits per heavy atom. The molecule has 1 rings (SSSR count). The van der Waals surface area contributed by atoms with Gasteiger partial charge >= 0.3 is 5.97 Å². The van der Waals surface area contributed by atoms with E-state index in [0.717, 1.165) is 12.8 Å². The SMILES string of the molecule is CC(=CC(C)C)C1CCC(C)=C1CCC(C)C(=O)O. The van der Waals surface area contributed by atoms with Gasteiger partial charge in [0.25, 0.3) is 0 Å². The standard InChI is InChI=1S/C17H28O2/c1-11(2)10-14(5)16-8-6-12(3)15(16)9-7-13(4)17(18)19/h10-11,13,16H,6-9H2,1-5H3,(H,18,19). The fourth-order valence-corrected chi connectivity index (χ4v) is 3.02. The molecule has 0 heterocycles. The van der Waals surface area contributed by atoms with Crippen molar-refractivity contribution in [1.82, 2.24) is 0 Å². The zero-order valence-corrected chi connectivity index (χ0v) is 13.0. The van der Waals surface area contributed by atoms with Crippen molar-refractivity contribution in [2.45, 2.75) is 60.3 Å². The van der Waals surface area contributed by atoms with Gasteiger partial charge in [-0.15, -0.1) is 0 Å². The van der Waals surface area contributed by atoms with Crippen molar-refractivity contribution in [2.24, 2.45) is 17.8 Å². The van der Waals surface area contributed by atoms with Crippen LogP contribution in [-0.4, -0.2) is 11.1 Å². The van der Waals surface area contributed by atoms with E-state index in [1.54, 1.807) is 6.92 Å². The van der Waals surface area contributed by atoms with Crippen LogP contribution in [0, 0.1) is 17.8 Å². The topological polar surface area (TPSA) is 37.3 Å². The van der Waals surface area contributed by atoms with Crippen molar-refractivity contribution < 1.29 is 9.90 Å². The molecule has 1 aliphatic carbocycles. The van der Waals surface area contributed by atoms with Gasteiger partial charge in [-0.25, -0.2) is 0 Å². The van der Waals surface area contributed by atoms with Gasteiger partial charge in [0.15, 0.2) is 0 Å². The van der Waals surface area contributed by atoms with Crippen molar-refractivity contribution in [3.63, 3.8) is 0 Å². The van der Waals surface area contributed by atoms with Crippen LogP contribution >= 0.6 is 0 Å². The molecule has 2 atom stereocenters. The molecule has 0 aliphatic heterocycles. The van der Waals surface area contributed by atoms with Crippen molar-refractivity contribution in [2.75, 3.05) is 0 Å². The molecule has 0 spiro atoms. The first-order valence-electron chi connectivity index (χ1n) is 7.42. The monoisotopic (exact) mass is 264 g/mol. The fraction of sp³-hybridized carbons (Fsp3) is 0.706. The van der Waals surface area contributed by atoms with Gasteiger partial charge in [-0.05, 0) is 45.4 Å². The summed E-state index contributed by atoms with van der Waals surface area (Å²) < 4.78 is 0. The highest BCUT2D eigenvalue weighted by molar-refractivity contribution is 5.69. The molecule has 1 N–H and O–H groups in total. The molecule has 2 nitrogen and oxygen atoms in total. The average molecular weight is 264 g/mol. The first kappa shape index (κ1) is 16.0. The first-order valence-corrected chi connectivity index (χ1v) is 7.42. The molecule has 0 aromatic heterocycles. The molecule has 2 heteroatoms. The number of aliphatic carboxylic acids is 1. The van der Waals surface area contributed by atoms with Gasteiger partial charge in [-0.2, -0.15) is 0 Å². The van der Waals surface area contributed by atoms with Gasteiger partial charge in [-0.3, -0.25) is 4.79 Å². The van der Waals surface area contributed by atoms with E-state index in [1.807, 2.05) is 0 Å². The Hall–Kier alpha value is -1.05. The fourth-order valence-electron chi connectivity index (χ4n) is 3.02. The average Bonchev–Trinajstić information content (AvgIpc) is 2.66. The second-order valence-electron chi connectivity index (χ2n) is 6.33. The summed E-state index contributed by atoms with van der Waals surface area (Å²) in [5.41, 5.74) is 4.45. The smallest absolute Gasteiger partial charge is 0.306 e. The summed E-state index contributed by atoms with van der Waals surface area (Å²) in [6.07, 6.45) is 6.42. The first-order chi connectivity index (χ1) is 8.82. The predicted octanol–water partition coefficient (Wildman–Crippen LogP) is 4.82. The zero-order valence-electron chi connectivity index (χ0n) is 13.0. The van der Waals surface area contributed by atoms with Crippen molar-refractivity contribution in [1.29, 1.82) is 0 Å². The number of rotatable bonds is 6. The second kappa shape index (κ2) is 6.93. The number of carboxylic acids is 1. The Labute approximate surface area is 117 Å². The summed E-state index contributed by atoms with van der Waals surface area (Å²) in [5.74, 6) is 0.224. The van der Waals surface area contributed by atoms with Gasteiger partial charge in [0.2, 0.25) is 0 Å². The van der Waals surface area contributed by atoms with Crippen LogP contribution in [0.3, 0.4) is 0 Å². The van der Waals surface area contributed by atoms with Crippen LogP contribution in [0.5, 0.6) is 0 Å². The van der Waals surface area contributed by atoms with Gasteiger partial charge in [0.05, 0.1) is 5.92 Å². The number of hydrogen-bond donors (Lipinski definition) is 1. The highest BCUT2D eigenvalue weighted by Crippen LogP contribution is 2.39. The van der Waals surface area contributed by atoms with E-state index in [2.05, 4.69) is 33.8 Å². The molecule has 2 unspecified atom stereocenters. The van der Waals surface area contributed by atoms with Crippen molar-refractivity contribution >= 4 is 5.97 Å². The van der Waals surface area contributed by atoms with Crippen LogP contribution in [-0.2, 0) is 4.79 Å². The zero-order chi connectivity index (χ0) is 14.6. The summed E-state index contributed by atoms with van der Waals surface area (Å²) in [6.45, 7) is 10.7. The summed E-state index contributed by atoms with van der Waals surface area (Å²) in [5, 5.41) is 8.99. The molecule has 0 amide bonds. The summed E-state index contributed by atoms with van der Waals surface area (Å²) in [7, 11) is 0. The van der Waals surface area contributed by atoms with Gasteiger partial charge in [0, 0.05) is 5.92 Å². The molecule has 108 valence electrons. The van der Waals surface area contributed by atoms with E-state index in [4.69, 9.17) is 5.11 Å². The third-order valence-electron chi connectivity index (χ3n) is 4.19. The summed E-state index contributed by atoms with van der Waals surface area (Å²) in [4.78, 5) is 10.9. The van der Waals surface area contributed by atoms with Crippen LogP contribution in [0.25, 0.3) is 0 Å². The molecular weight excluding hydrogens is 236 g/mol. The van der Waals surface area contributed by atoms with Gasteiger partial charge in [0.1, 0.15) is 0 Å². The van der Waals surface area contributed by atoms with E-state index < -0.39 is 5.97 Å². The largest absolute Gasteiger partial charge is 0.481 e. The molecule has 19 heavy (non-hydrogen) atoms. The van der Waals surface area contributed by atoms with Crippen LogP contribution in [0.4, 0.5) is 0 Å². The minimum absolute atomic E-state index is 0.240. The molecule has 0 radical (unpaired) electrons. The third kappa shape index (κ3) is 4.52. The molecule has 0 aromatic carbocycles. The molecule has 0 bridgehead atoms. The van der Waals surface area contributed by atoms with Gasteiger partial charge in [-0.1, -0.05) is 43.6 Å². The Bertz CT molecular complexity index is 388. The molecule has 1 aliphatic rings. The highest BCUT2D eigenvalue weighted by atomic mass is 16.4. The van der Waals surface area contributed by atoms with Crippen LogP contribution in [0.2, 0.25) is 0 Å². The Kier molecular flexibility index (Phi) is 5.84. The highest BCUT2D eigenvalue weighted by Gasteiger charge is 2.25. The summed E-state index contributed by atoms with van der Waals surface area (Å²) >= 11 is 0.